The fraction of sp³-hybridized carbons (Fsp3) is 0.333. The highest BCUT2D eigenvalue weighted by Crippen LogP contribution is 2.45. The fourth-order valence-electron chi connectivity index (χ4n) is 6.41. The lowest BCUT2D eigenvalue weighted by Crippen LogP contribution is -2.40. The molecule has 0 N–H and O–H groups in total. The van der Waals surface area contributed by atoms with E-state index < -0.39 is 18.5 Å². The van der Waals surface area contributed by atoms with Crippen LogP contribution in [0.25, 0.3) is 4.85 Å². The summed E-state index contributed by atoms with van der Waals surface area (Å²) in [6.45, 7) is 7.04. The van der Waals surface area contributed by atoms with E-state index in [0.717, 1.165) is 40.9 Å². The number of carbonyl (C=O) groups is 2. The molecule has 2 atom stereocenters. The van der Waals surface area contributed by atoms with Crippen molar-refractivity contribution in [1.82, 2.24) is 0 Å². The first-order valence-electron chi connectivity index (χ1n) is 14.1. The SMILES string of the molecule is [C-]#[N+]c1ccc(N2N=C3c4ccc(C(=O)OCC(=O)OCc5ccccc5)cc4CC[C@@H]3[C@@H]2C2CCCC2)cc1Cl. The molecule has 0 radical (unpaired) electrons. The summed E-state index contributed by atoms with van der Waals surface area (Å²) in [4.78, 5) is 28.4. The largest absolute Gasteiger partial charge is 0.458 e. The lowest BCUT2D eigenvalue weighted by Gasteiger charge is -2.34. The second kappa shape index (κ2) is 11.8. The summed E-state index contributed by atoms with van der Waals surface area (Å²) < 4.78 is 10.5. The van der Waals surface area contributed by atoms with Gasteiger partial charge in [-0.25, -0.2) is 14.4 Å². The van der Waals surface area contributed by atoms with Gasteiger partial charge < -0.3 is 9.47 Å². The number of carbonyl (C=O) groups excluding carboxylic acids is 2. The van der Waals surface area contributed by atoms with Crippen molar-refractivity contribution in [3.8, 4) is 0 Å². The molecule has 1 aliphatic heterocycles. The maximum atomic E-state index is 12.8. The minimum atomic E-state index is -0.592. The molecule has 0 aromatic heterocycles. The number of aryl methyl sites for hydroxylation is 1. The van der Waals surface area contributed by atoms with Gasteiger partial charge in [-0.15, -0.1) is 0 Å². The summed E-state index contributed by atoms with van der Waals surface area (Å²) in [5.74, 6) is -0.328. The van der Waals surface area contributed by atoms with Gasteiger partial charge >= 0.3 is 11.9 Å². The molecular formula is C33H30ClN3O4. The lowest BCUT2D eigenvalue weighted by molar-refractivity contribution is -0.148. The fourth-order valence-corrected chi connectivity index (χ4v) is 6.63. The normalized spacial score (nSPS) is 19.6. The van der Waals surface area contributed by atoms with Crippen molar-refractivity contribution in [2.45, 2.75) is 51.2 Å². The zero-order valence-corrected chi connectivity index (χ0v) is 23.3. The minimum Gasteiger partial charge on any atom is -0.458 e. The number of fused-ring (bicyclic) bond motifs is 3. The third-order valence-electron chi connectivity index (χ3n) is 8.37. The Balaban J connectivity index is 1.18. The van der Waals surface area contributed by atoms with E-state index in [-0.39, 0.29) is 18.6 Å². The summed E-state index contributed by atoms with van der Waals surface area (Å²) >= 11 is 6.43. The van der Waals surface area contributed by atoms with Gasteiger partial charge in [-0.1, -0.05) is 66.9 Å². The van der Waals surface area contributed by atoms with Crippen molar-refractivity contribution < 1.29 is 19.1 Å². The highest BCUT2D eigenvalue weighted by atomic mass is 35.5. The Morgan fingerprint density at radius 2 is 1.80 bits per heavy atom. The maximum Gasteiger partial charge on any atom is 0.344 e. The van der Waals surface area contributed by atoms with Crippen LogP contribution in [0.15, 0.2) is 71.8 Å². The maximum absolute atomic E-state index is 12.8. The number of ether oxygens (including phenoxy) is 2. The third kappa shape index (κ3) is 5.57. The lowest BCUT2D eigenvalue weighted by atomic mass is 9.75. The van der Waals surface area contributed by atoms with Crippen molar-refractivity contribution in [1.29, 1.82) is 0 Å². The molecule has 3 aliphatic rings. The van der Waals surface area contributed by atoms with E-state index in [4.69, 9.17) is 32.7 Å². The van der Waals surface area contributed by atoms with Gasteiger partial charge in [-0.3, -0.25) is 5.01 Å². The first kappa shape index (κ1) is 27.0. The molecule has 7 nitrogen and oxygen atoms in total. The van der Waals surface area contributed by atoms with Crippen molar-refractivity contribution >= 4 is 40.6 Å². The van der Waals surface area contributed by atoms with E-state index in [0.29, 0.717) is 22.2 Å². The molecule has 0 amide bonds. The van der Waals surface area contributed by atoms with Crippen LogP contribution in [0.3, 0.4) is 0 Å². The number of hydrogen-bond donors (Lipinski definition) is 0. The van der Waals surface area contributed by atoms with Crippen LogP contribution in [0.4, 0.5) is 11.4 Å². The summed E-state index contributed by atoms with van der Waals surface area (Å²) in [5, 5.41) is 7.73. The average molecular weight is 568 g/mol. The molecule has 6 rings (SSSR count). The number of hydrazone groups is 1. The number of hydrogen-bond acceptors (Lipinski definition) is 6. The standard InChI is InChI=1S/C33H30ClN3O4/c1-35-29-16-13-25(18-28(29)34)37-32(22-9-5-6-10-22)27-15-11-23-17-24(12-14-26(23)31(27)36-37)33(39)41-20-30(38)40-19-21-7-3-2-4-8-21/h2-4,7-8,12-14,16-18,22,27,32H,5-6,9-11,15,19-20H2/t27-,32-/m0/s1. The number of esters is 2. The number of halogens is 1. The topological polar surface area (TPSA) is 72.6 Å². The minimum absolute atomic E-state index is 0.133. The van der Waals surface area contributed by atoms with Crippen molar-refractivity contribution in [3.63, 3.8) is 0 Å². The number of nitrogens with zero attached hydrogens (tertiary/aromatic N) is 3. The second-order valence-electron chi connectivity index (χ2n) is 10.9. The van der Waals surface area contributed by atoms with Crippen molar-refractivity contribution in [2.75, 3.05) is 11.6 Å². The quantitative estimate of drug-likeness (QED) is 0.224. The molecule has 1 fully saturated rings. The zero-order chi connectivity index (χ0) is 28.3. The Labute approximate surface area is 244 Å². The van der Waals surface area contributed by atoms with Crippen LogP contribution in [0, 0.1) is 18.4 Å². The summed E-state index contributed by atoms with van der Waals surface area (Å²) in [6.07, 6.45) is 6.58. The van der Waals surface area contributed by atoms with Crippen LogP contribution in [-0.2, 0) is 27.3 Å². The van der Waals surface area contributed by atoms with Gasteiger partial charge in [-0.05, 0) is 67.0 Å². The summed E-state index contributed by atoms with van der Waals surface area (Å²) in [6, 6.07) is 20.7. The van der Waals surface area contributed by atoms with Gasteiger partial charge in [0.05, 0.1) is 29.6 Å². The number of rotatable bonds is 7. The van der Waals surface area contributed by atoms with E-state index in [2.05, 4.69) is 9.85 Å². The van der Waals surface area contributed by atoms with Gasteiger partial charge in [0.15, 0.2) is 6.61 Å². The molecular weight excluding hydrogens is 538 g/mol. The molecule has 208 valence electrons. The average Bonchev–Trinajstić information content (AvgIpc) is 3.67. The van der Waals surface area contributed by atoms with Crippen LogP contribution in [0.1, 0.15) is 59.2 Å². The van der Waals surface area contributed by atoms with Crippen LogP contribution >= 0.6 is 11.6 Å². The Morgan fingerprint density at radius 3 is 2.56 bits per heavy atom. The van der Waals surface area contributed by atoms with E-state index in [1.54, 1.807) is 12.1 Å². The Bertz CT molecular complexity index is 1540. The van der Waals surface area contributed by atoms with Crippen LogP contribution < -0.4 is 5.01 Å². The molecule has 1 heterocycles. The van der Waals surface area contributed by atoms with Crippen molar-refractivity contribution in [2.24, 2.45) is 16.9 Å². The van der Waals surface area contributed by atoms with Gasteiger partial charge in [-0.2, -0.15) is 5.10 Å². The summed E-state index contributed by atoms with van der Waals surface area (Å²) in [5.41, 5.74) is 5.75. The zero-order valence-electron chi connectivity index (χ0n) is 22.6. The van der Waals surface area contributed by atoms with Gasteiger partial charge in [0, 0.05) is 16.5 Å². The Hall–Kier alpha value is -4.15. The highest BCUT2D eigenvalue weighted by molar-refractivity contribution is 6.33. The Kier molecular flexibility index (Phi) is 7.76. The smallest absolute Gasteiger partial charge is 0.344 e. The van der Waals surface area contributed by atoms with Gasteiger partial charge in [0.2, 0.25) is 5.69 Å². The predicted octanol–water partition coefficient (Wildman–Crippen LogP) is 7.14. The van der Waals surface area contributed by atoms with Crippen LogP contribution in [0.2, 0.25) is 5.02 Å². The molecule has 0 bridgehead atoms. The monoisotopic (exact) mass is 567 g/mol. The predicted molar refractivity (Wildman–Crippen MR) is 157 cm³/mol. The number of benzene rings is 3. The van der Waals surface area contributed by atoms with Crippen LogP contribution in [-0.4, -0.2) is 30.3 Å². The van der Waals surface area contributed by atoms with Crippen LogP contribution in [0.5, 0.6) is 0 Å². The molecule has 1 saturated carbocycles. The van der Waals surface area contributed by atoms with E-state index in [1.807, 2.05) is 54.6 Å². The van der Waals surface area contributed by atoms with Gasteiger partial charge in [0.1, 0.15) is 6.61 Å². The molecule has 0 saturated heterocycles. The van der Waals surface area contributed by atoms with E-state index >= 15 is 0 Å². The first-order chi connectivity index (χ1) is 20.0. The molecule has 41 heavy (non-hydrogen) atoms. The molecule has 3 aromatic carbocycles. The molecule has 0 unspecified atom stereocenters. The molecule has 0 spiro atoms. The molecule has 3 aromatic rings. The second-order valence-corrected chi connectivity index (χ2v) is 11.3. The first-order valence-corrected chi connectivity index (χ1v) is 14.4. The number of anilines is 1. The highest BCUT2D eigenvalue weighted by Gasteiger charge is 2.45. The molecule has 8 heteroatoms. The van der Waals surface area contributed by atoms with E-state index in [9.17, 15) is 9.59 Å². The third-order valence-corrected chi connectivity index (χ3v) is 8.67. The van der Waals surface area contributed by atoms with Gasteiger partial charge in [0.25, 0.3) is 0 Å². The summed E-state index contributed by atoms with van der Waals surface area (Å²) in [7, 11) is 0. The van der Waals surface area contributed by atoms with Crippen molar-refractivity contribution in [3.05, 3.63) is 105 Å². The van der Waals surface area contributed by atoms with E-state index in [1.165, 1.54) is 25.7 Å². The Morgan fingerprint density at radius 1 is 1.00 bits per heavy atom. The molecule has 2 aliphatic carbocycles.